The fraction of sp³-hybridized carbons (Fsp3) is 0.612. The summed E-state index contributed by atoms with van der Waals surface area (Å²) in [5.74, 6) is -1.34. The second-order valence-electron chi connectivity index (χ2n) is 19.5. The van der Waals surface area contributed by atoms with Gasteiger partial charge in [0.1, 0.15) is 17.7 Å². The number of rotatable bonds is 16. The van der Waals surface area contributed by atoms with Crippen LogP contribution in [0.3, 0.4) is 0 Å². The molecule has 0 radical (unpaired) electrons. The molecule has 4 saturated heterocycles. The molecule has 63 heavy (non-hydrogen) atoms. The highest BCUT2D eigenvalue weighted by molar-refractivity contribution is 7.54. The Hall–Kier alpha value is -2.78. The largest absolute Gasteiger partial charge is 0.497 e. The minimum absolute atomic E-state index is 0.0377. The summed E-state index contributed by atoms with van der Waals surface area (Å²) in [4.78, 5) is 13.6. The SMILES string of the molecule is COc1ccc(CO[C@@H]2[C@H](CC(=O)CP(=O)(OC)OC)O[C@@]3(C[C@@H]2C)C[C@H](C)[C@@H]2O[C@H]([C@@H]4C[C@H](CO[Si](c5ccccc5)(c5ccccc5)C(C)(C)C)OC(C)(C)O4)C[C@@H]2O3)cc1. The Morgan fingerprint density at radius 1 is 0.778 bits per heavy atom. The predicted octanol–water partition coefficient (Wildman–Crippen LogP) is 8.22. The molecule has 346 valence electrons. The summed E-state index contributed by atoms with van der Waals surface area (Å²) in [6, 6.07) is 29.0. The number of benzene rings is 3. The van der Waals surface area contributed by atoms with Gasteiger partial charge in [-0.05, 0) is 58.8 Å². The van der Waals surface area contributed by atoms with Crippen LogP contribution in [0.1, 0.15) is 86.1 Å². The van der Waals surface area contributed by atoms with Gasteiger partial charge in [-0.3, -0.25) is 9.36 Å². The Balaban J connectivity index is 1.07. The first-order chi connectivity index (χ1) is 29.9. The molecule has 4 aliphatic heterocycles. The van der Waals surface area contributed by atoms with Crippen LogP contribution in [0, 0.1) is 11.8 Å². The zero-order valence-electron chi connectivity index (χ0n) is 38.8. The molecule has 4 aliphatic rings. The summed E-state index contributed by atoms with van der Waals surface area (Å²) in [7, 11) is -2.19. The molecule has 3 aromatic carbocycles. The standard InChI is InChI=1S/C49H69O12PSi/c1-33-28-49(60-43(25-36(50)32-62(51,53-9)54-10)45(33)55-30-35-21-23-37(52-8)24-22-35)29-34(2)46-44(61-49)27-41(57-46)42-26-38(58-48(6,7)59-42)31-56-63(47(3,4)5,39-17-13-11-14-18-39)40-19-15-12-16-20-40/h11-24,33-34,38,41-46H,25-32H2,1-10H3/t33-,34-,38+,41-,42-,43-,44-,45-,46-,49+/m0/s1. The highest BCUT2D eigenvalue weighted by Crippen LogP contribution is 2.51. The molecule has 0 saturated carbocycles. The summed E-state index contributed by atoms with van der Waals surface area (Å²) in [5, 5.41) is 2.27. The zero-order chi connectivity index (χ0) is 45.2. The van der Waals surface area contributed by atoms with E-state index in [1.165, 1.54) is 24.6 Å². The average Bonchev–Trinajstić information content (AvgIpc) is 3.68. The molecule has 7 rings (SSSR count). The second kappa shape index (κ2) is 19.6. The zero-order valence-corrected chi connectivity index (χ0v) is 40.7. The molecule has 0 bridgehead atoms. The number of carbonyl (C=O) groups is 1. The number of methoxy groups -OCH3 is 1. The van der Waals surface area contributed by atoms with Gasteiger partial charge in [-0.15, -0.1) is 0 Å². The third kappa shape index (κ3) is 10.8. The molecular formula is C49H69O12PSi. The van der Waals surface area contributed by atoms with Crippen molar-refractivity contribution < 1.29 is 56.0 Å². The van der Waals surface area contributed by atoms with Gasteiger partial charge in [-0.1, -0.05) is 107 Å². The van der Waals surface area contributed by atoms with Crippen molar-refractivity contribution >= 4 is 32.1 Å². The van der Waals surface area contributed by atoms with E-state index < -0.39 is 39.7 Å². The molecule has 10 atom stereocenters. The number of ether oxygens (including phenoxy) is 7. The molecule has 4 fully saturated rings. The molecule has 0 aliphatic carbocycles. The van der Waals surface area contributed by atoms with Crippen molar-refractivity contribution in [2.75, 3.05) is 34.1 Å². The average molecular weight is 909 g/mol. The molecular weight excluding hydrogens is 840 g/mol. The fourth-order valence-corrected chi connectivity index (χ4v) is 16.1. The Morgan fingerprint density at radius 2 is 1.40 bits per heavy atom. The normalized spacial score (nSPS) is 31.1. The lowest BCUT2D eigenvalue weighted by Gasteiger charge is -2.52. The van der Waals surface area contributed by atoms with E-state index in [0.29, 0.717) is 38.9 Å². The minimum atomic E-state index is -3.59. The topological polar surface area (TPSA) is 126 Å². The van der Waals surface area contributed by atoms with Crippen LogP contribution >= 0.6 is 7.60 Å². The van der Waals surface area contributed by atoms with Crippen LogP contribution in [0.15, 0.2) is 84.9 Å². The van der Waals surface area contributed by atoms with Gasteiger partial charge in [0.25, 0.3) is 8.32 Å². The third-order valence-electron chi connectivity index (χ3n) is 13.3. The summed E-state index contributed by atoms with van der Waals surface area (Å²) < 4.78 is 76.8. The first-order valence-corrected chi connectivity index (χ1v) is 26.1. The fourth-order valence-electron chi connectivity index (χ4n) is 10.6. The maximum Gasteiger partial charge on any atom is 0.337 e. The second-order valence-corrected chi connectivity index (χ2v) is 26.0. The Morgan fingerprint density at radius 3 is 1.98 bits per heavy atom. The molecule has 12 nitrogen and oxygen atoms in total. The van der Waals surface area contributed by atoms with Crippen molar-refractivity contribution in [3.8, 4) is 5.75 Å². The van der Waals surface area contributed by atoms with Crippen LogP contribution in [0.25, 0.3) is 0 Å². The Kier molecular flexibility index (Phi) is 15.0. The van der Waals surface area contributed by atoms with Gasteiger partial charge >= 0.3 is 7.60 Å². The molecule has 0 amide bonds. The van der Waals surface area contributed by atoms with Crippen LogP contribution < -0.4 is 15.1 Å². The number of ketones is 1. The number of carbonyl (C=O) groups excluding carboxylic acids is 1. The quantitative estimate of drug-likeness (QED) is 0.102. The summed E-state index contributed by atoms with van der Waals surface area (Å²) in [5.41, 5.74) is 0.964. The molecule has 1 spiro atoms. The van der Waals surface area contributed by atoms with E-state index in [2.05, 4.69) is 95.3 Å². The van der Waals surface area contributed by atoms with Crippen LogP contribution in [0.2, 0.25) is 5.04 Å². The highest BCUT2D eigenvalue weighted by Gasteiger charge is 2.58. The lowest BCUT2D eigenvalue weighted by atomic mass is 9.79. The van der Waals surface area contributed by atoms with Gasteiger partial charge in [0.15, 0.2) is 11.6 Å². The first-order valence-electron chi connectivity index (χ1n) is 22.5. The van der Waals surface area contributed by atoms with E-state index in [9.17, 15) is 9.36 Å². The van der Waals surface area contributed by atoms with Gasteiger partial charge in [-0.25, -0.2) is 0 Å². The van der Waals surface area contributed by atoms with Crippen molar-refractivity contribution in [2.45, 2.75) is 147 Å². The van der Waals surface area contributed by atoms with Gasteiger partial charge in [0.05, 0.1) is 63.1 Å². The maximum atomic E-state index is 13.6. The summed E-state index contributed by atoms with van der Waals surface area (Å²) in [6.45, 7) is 15.8. The van der Waals surface area contributed by atoms with Crippen molar-refractivity contribution in [1.82, 2.24) is 0 Å². The molecule has 14 heteroatoms. The van der Waals surface area contributed by atoms with Gasteiger partial charge in [-0.2, -0.15) is 0 Å². The van der Waals surface area contributed by atoms with E-state index in [1.807, 2.05) is 38.1 Å². The van der Waals surface area contributed by atoms with Gasteiger partial charge in [0.2, 0.25) is 0 Å². The van der Waals surface area contributed by atoms with Gasteiger partial charge in [0, 0.05) is 46.3 Å². The molecule has 0 unspecified atom stereocenters. The Labute approximate surface area is 375 Å². The highest BCUT2D eigenvalue weighted by atomic mass is 31.2. The molecule has 0 N–H and O–H groups in total. The number of hydrogen-bond donors (Lipinski definition) is 0. The molecule has 3 aromatic rings. The number of Topliss-reactive ketones (excluding diaryl/α,β-unsaturated/α-hetero) is 1. The van der Waals surface area contributed by atoms with E-state index in [0.717, 1.165) is 11.3 Å². The number of fused-ring (bicyclic) bond motifs is 1. The van der Waals surface area contributed by atoms with E-state index >= 15 is 0 Å². The third-order valence-corrected chi connectivity index (χ3v) is 20.2. The summed E-state index contributed by atoms with van der Waals surface area (Å²) >= 11 is 0. The van der Waals surface area contributed by atoms with E-state index in [-0.39, 0.29) is 65.8 Å². The summed E-state index contributed by atoms with van der Waals surface area (Å²) in [6.07, 6.45) is -0.317. The minimum Gasteiger partial charge on any atom is -0.497 e. The first kappa shape index (κ1) is 48.2. The lowest BCUT2D eigenvalue weighted by molar-refractivity contribution is -0.356. The van der Waals surface area contributed by atoms with E-state index in [4.69, 9.17) is 46.6 Å². The predicted molar refractivity (Wildman–Crippen MR) is 243 cm³/mol. The number of hydrogen-bond acceptors (Lipinski definition) is 12. The molecule has 4 heterocycles. The smallest absolute Gasteiger partial charge is 0.337 e. The van der Waals surface area contributed by atoms with Crippen LogP contribution in [-0.2, 0) is 57.9 Å². The van der Waals surface area contributed by atoms with Crippen molar-refractivity contribution in [3.05, 3.63) is 90.5 Å². The monoisotopic (exact) mass is 908 g/mol. The maximum absolute atomic E-state index is 13.6. The van der Waals surface area contributed by atoms with Crippen molar-refractivity contribution in [1.29, 1.82) is 0 Å². The van der Waals surface area contributed by atoms with Crippen LogP contribution in [0.5, 0.6) is 5.75 Å². The van der Waals surface area contributed by atoms with Crippen LogP contribution in [0.4, 0.5) is 0 Å². The van der Waals surface area contributed by atoms with Crippen molar-refractivity contribution in [2.24, 2.45) is 11.8 Å². The van der Waals surface area contributed by atoms with E-state index in [1.54, 1.807) is 7.11 Å². The van der Waals surface area contributed by atoms with Crippen LogP contribution in [-0.4, -0.2) is 103 Å². The lowest BCUT2D eigenvalue weighted by Crippen LogP contribution is -2.67. The van der Waals surface area contributed by atoms with Gasteiger partial charge < -0.3 is 46.6 Å². The van der Waals surface area contributed by atoms with Crippen molar-refractivity contribution in [3.63, 3.8) is 0 Å². The Bertz CT molecular complexity index is 1960. The molecule has 0 aromatic heterocycles.